The van der Waals surface area contributed by atoms with E-state index in [9.17, 15) is 14.4 Å². The van der Waals surface area contributed by atoms with Crippen LogP contribution in [-0.2, 0) is 16.6 Å². The number of carbonyl (C=O) groups is 2. The predicted octanol–water partition coefficient (Wildman–Crippen LogP) is 1.63. The largest absolute Gasteiger partial charge is 0.370 e. The number of aromatic nitrogens is 2. The Morgan fingerprint density at radius 3 is 2.32 bits per heavy atom. The normalized spacial score (nSPS) is 24.7. The molecular weight excluding hydrogens is 394 g/mol. The Bertz CT molecular complexity index is 1080. The van der Waals surface area contributed by atoms with E-state index in [0.29, 0.717) is 11.8 Å². The molecule has 3 fully saturated rings. The number of nitrogens with one attached hydrogen (secondary N) is 1. The molecule has 1 aromatic carbocycles. The number of amides is 2. The van der Waals surface area contributed by atoms with Crippen molar-refractivity contribution in [2.45, 2.75) is 44.6 Å². The molecule has 2 aromatic rings. The number of imide groups is 1. The molecule has 1 unspecified atom stereocenters. The quantitative estimate of drug-likeness (QED) is 0.740. The van der Waals surface area contributed by atoms with E-state index in [2.05, 4.69) is 28.2 Å². The maximum absolute atomic E-state index is 13.2. The standard InChI is InChI=1S/C23H31N5O3/c1-25-12-8-23(9-13-25)10-14-27(15-11-23)16-4-3-5-17-20(16)26(2)22(31)28(17)18-6-7-19(29)24-21(18)30/h3-5,18H,6-15H2,1-2H3,(H,24,29,30). The molecule has 1 aromatic heterocycles. The summed E-state index contributed by atoms with van der Waals surface area (Å²) in [6.07, 6.45) is 5.51. The van der Waals surface area contributed by atoms with Crippen LogP contribution < -0.4 is 15.9 Å². The second-order valence-corrected chi connectivity index (χ2v) is 9.61. The highest BCUT2D eigenvalue weighted by molar-refractivity contribution is 6.00. The number of piperidine rings is 3. The van der Waals surface area contributed by atoms with Crippen molar-refractivity contribution in [3.8, 4) is 0 Å². The number of imidazole rings is 1. The Labute approximate surface area is 181 Å². The summed E-state index contributed by atoms with van der Waals surface area (Å²) >= 11 is 0. The van der Waals surface area contributed by atoms with Gasteiger partial charge in [-0.25, -0.2) is 4.79 Å². The number of fused-ring (bicyclic) bond motifs is 1. The molecule has 2 amide bonds. The highest BCUT2D eigenvalue weighted by atomic mass is 16.2. The number of hydrogen-bond acceptors (Lipinski definition) is 5. The molecule has 5 rings (SSSR count). The van der Waals surface area contributed by atoms with Gasteiger partial charge in [0.1, 0.15) is 6.04 Å². The molecule has 1 N–H and O–H groups in total. The zero-order chi connectivity index (χ0) is 21.8. The van der Waals surface area contributed by atoms with Crippen molar-refractivity contribution in [3.63, 3.8) is 0 Å². The minimum absolute atomic E-state index is 0.208. The van der Waals surface area contributed by atoms with Crippen LogP contribution in [0.3, 0.4) is 0 Å². The number of rotatable bonds is 2. The number of anilines is 1. The number of nitrogens with zero attached hydrogens (tertiary/aromatic N) is 4. The Balaban J connectivity index is 1.47. The van der Waals surface area contributed by atoms with E-state index in [1.165, 1.54) is 38.8 Å². The van der Waals surface area contributed by atoms with Crippen molar-refractivity contribution >= 4 is 28.5 Å². The molecule has 3 aliphatic heterocycles. The molecule has 4 heterocycles. The molecule has 0 aliphatic carbocycles. The molecule has 8 heteroatoms. The maximum Gasteiger partial charge on any atom is 0.329 e. The van der Waals surface area contributed by atoms with Gasteiger partial charge in [0.05, 0.1) is 16.7 Å². The van der Waals surface area contributed by atoms with Gasteiger partial charge in [-0.05, 0) is 69.8 Å². The average molecular weight is 426 g/mol. The minimum atomic E-state index is -0.645. The van der Waals surface area contributed by atoms with Gasteiger partial charge in [-0.2, -0.15) is 0 Å². The van der Waals surface area contributed by atoms with Gasteiger partial charge in [-0.3, -0.25) is 24.0 Å². The summed E-state index contributed by atoms with van der Waals surface area (Å²) in [6, 6.07) is 5.32. The first kappa shape index (κ1) is 20.3. The number of para-hydroxylation sites is 1. The van der Waals surface area contributed by atoms with Crippen molar-refractivity contribution in [1.29, 1.82) is 0 Å². The summed E-state index contributed by atoms with van der Waals surface area (Å²) < 4.78 is 3.23. The molecule has 1 atom stereocenters. The van der Waals surface area contributed by atoms with E-state index in [1.54, 1.807) is 16.2 Å². The van der Waals surface area contributed by atoms with Gasteiger partial charge in [-0.15, -0.1) is 0 Å². The van der Waals surface area contributed by atoms with E-state index in [0.717, 1.165) is 29.8 Å². The fourth-order valence-electron chi connectivity index (χ4n) is 5.72. The number of aryl methyl sites for hydroxylation is 1. The maximum atomic E-state index is 13.2. The van der Waals surface area contributed by atoms with Crippen LogP contribution in [0.2, 0.25) is 0 Å². The number of carbonyl (C=O) groups excluding carboxylic acids is 2. The van der Waals surface area contributed by atoms with Crippen molar-refractivity contribution in [2.24, 2.45) is 12.5 Å². The van der Waals surface area contributed by atoms with Crippen LogP contribution in [0.25, 0.3) is 11.0 Å². The average Bonchev–Trinajstić information content (AvgIpc) is 3.02. The zero-order valence-corrected chi connectivity index (χ0v) is 18.4. The van der Waals surface area contributed by atoms with Gasteiger partial charge in [0.25, 0.3) is 0 Å². The van der Waals surface area contributed by atoms with Gasteiger partial charge in [0.2, 0.25) is 11.8 Å². The number of benzene rings is 1. The van der Waals surface area contributed by atoms with E-state index >= 15 is 0 Å². The molecule has 3 aliphatic rings. The zero-order valence-electron chi connectivity index (χ0n) is 18.4. The second-order valence-electron chi connectivity index (χ2n) is 9.61. The first-order valence-electron chi connectivity index (χ1n) is 11.4. The van der Waals surface area contributed by atoms with Crippen LogP contribution >= 0.6 is 0 Å². The van der Waals surface area contributed by atoms with E-state index in [4.69, 9.17) is 0 Å². The lowest BCUT2D eigenvalue weighted by molar-refractivity contribution is -0.135. The Kier molecular flexibility index (Phi) is 4.92. The third kappa shape index (κ3) is 3.37. The van der Waals surface area contributed by atoms with Crippen molar-refractivity contribution in [3.05, 3.63) is 28.7 Å². The van der Waals surface area contributed by atoms with Crippen LogP contribution in [0.5, 0.6) is 0 Å². The highest BCUT2D eigenvalue weighted by Crippen LogP contribution is 2.42. The fraction of sp³-hybridized carbons (Fsp3) is 0.609. The summed E-state index contributed by atoms with van der Waals surface area (Å²) in [5, 5.41) is 2.38. The molecule has 8 nitrogen and oxygen atoms in total. The lowest BCUT2D eigenvalue weighted by Gasteiger charge is -2.47. The third-order valence-corrected chi connectivity index (χ3v) is 7.82. The lowest BCUT2D eigenvalue weighted by Crippen LogP contribution is -2.46. The van der Waals surface area contributed by atoms with Crippen LogP contribution in [0.4, 0.5) is 5.69 Å². The molecule has 31 heavy (non-hydrogen) atoms. The number of hydrogen-bond donors (Lipinski definition) is 1. The summed E-state index contributed by atoms with van der Waals surface area (Å²) in [4.78, 5) is 42.0. The summed E-state index contributed by atoms with van der Waals surface area (Å²) in [7, 11) is 3.98. The van der Waals surface area contributed by atoms with Crippen LogP contribution in [-0.4, -0.2) is 59.1 Å². The van der Waals surface area contributed by atoms with Crippen molar-refractivity contribution in [2.75, 3.05) is 38.1 Å². The highest BCUT2D eigenvalue weighted by Gasteiger charge is 2.38. The molecule has 0 saturated carbocycles. The second kappa shape index (κ2) is 7.51. The first-order chi connectivity index (χ1) is 14.9. The summed E-state index contributed by atoms with van der Waals surface area (Å²) in [5.41, 5.74) is 2.95. The minimum Gasteiger partial charge on any atom is -0.370 e. The molecular formula is C23H31N5O3. The van der Waals surface area contributed by atoms with Gasteiger partial charge in [-0.1, -0.05) is 6.07 Å². The van der Waals surface area contributed by atoms with Crippen LogP contribution in [0, 0.1) is 5.41 Å². The smallest absolute Gasteiger partial charge is 0.329 e. The fourth-order valence-corrected chi connectivity index (χ4v) is 5.72. The van der Waals surface area contributed by atoms with E-state index in [1.807, 2.05) is 12.1 Å². The topological polar surface area (TPSA) is 79.6 Å². The predicted molar refractivity (Wildman–Crippen MR) is 119 cm³/mol. The Morgan fingerprint density at radius 1 is 0.968 bits per heavy atom. The molecule has 0 bridgehead atoms. The van der Waals surface area contributed by atoms with Crippen LogP contribution in [0.1, 0.15) is 44.6 Å². The Morgan fingerprint density at radius 2 is 1.65 bits per heavy atom. The lowest BCUT2D eigenvalue weighted by atomic mass is 9.71. The van der Waals surface area contributed by atoms with Gasteiger partial charge >= 0.3 is 5.69 Å². The van der Waals surface area contributed by atoms with Crippen molar-refractivity contribution < 1.29 is 9.59 Å². The Hall–Kier alpha value is -2.61. The summed E-state index contributed by atoms with van der Waals surface area (Å²) in [6.45, 7) is 4.33. The first-order valence-corrected chi connectivity index (χ1v) is 11.4. The van der Waals surface area contributed by atoms with E-state index in [-0.39, 0.29) is 18.0 Å². The van der Waals surface area contributed by atoms with Crippen LogP contribution in [0.15, 0.2) is 23.0 Å². The molecule has 1 spiro atoms. The molecule has 166 valence electrons. The van der Waals surface area contributed by atoms with Gasteiger partial charge < -0.3 is 9.80 Å². The monoisotopic (exact) mass is 425 g/mol. The SMILES string of the molecule is CN1CCC2(CC1)CCN(c1cccc3c1n(C)c(=O)n3C1CCC(=O)NC1=O)CC2. The van der Waals surface area contributed by atoms with E-state index < -0.39 is 11.9 Å². The summed E-state index contributed by atoms with van der Waals surface area (Å²) in [5.74, 6) is -0.662. The molecule has 0 radical (unpaired) electrons. The molecule has 3 saturated heterocycles. The third-order valence-electron chi connectivity index (χ3n) is 7.82. The van der Waals surface area contributed by atoms with Gasteiger partial charge in [0, 0.05) is 26.6 Å². The number of likely N-dealkylation sites (tertiary alicyclic amines) is 1. The van der Waals surface area contributed by atoms with Gasteiger partial charge in [0.15, 0.2) is 0 Å². The van der Waals surface area contributed by atoms with Crippen molar-refractivity contribution in [1.82, 2.24) is 19.4 Å².